The van der Waals surface area contributed by atoms with Gasteiger partial charge in [-0.3, -0.25) is 0 Å². The second-order valence-electron chi connectivity index (χ2n) is 3.95. The fraction of sp³-hybridized carbons (Fsp3) is 0.333. The number of nitrogen functional groups attached to an aromatic ring is 1. The van der Waals surface area contributed by atoms with Crippen molar-refractivity contribution >= 4 is 16.6 Å². The SMILES string of the molecule is CC.CCc1cc(F)nc2c(N)c(C#N)c(C)cc12. The van der Waals surface area contributed by atoms with Gasteiger partial charge in [0, 0.05) is 5.39 Å². The van der Waals surface area contributed by atoms with Gasteiger partial charge in [-0.1, -0.05) is 20.8 Å². The molecule has 4 heteroatoms. The number of fused-ring (bicyclic) bond motifs is 1. The van der Waals surface area contributed by atoms with Crippen LogP contribution in [0.25, 0.3) is 10.9 Å². The van der Waals surface area contributed by atoms with Crippen LogP contribution in [0.3, 0.4) is 0 Å². The number of aryl methyl sites for hydroxylation is 2. The third-order valence-corrected chi connectivity index (χ3v) is 2.89. The molecule has 0 bridgehead atoms. The summed E-state index contributed by atoms with van der Waals surface area (Å²) in [4.78, 5) is 3.79. The summed E-state index contributed by atoms with van der Waals surface area (Å²) in [5.41, 5.74) is 8.53. The molecule has 0 radical (unpaired) electrons. The lowest BCUT2D eigenvalue weighted by molar-refractivity contribution is 0.587. The van der Waals surface area contributed by atoms with Crippen LogP contribution in [0.1, 0.15) is 37.5 Å². The van der Waals surface area contributed by atoms with E-state index in [1.807, 2.05) is 39.8 Å². The van der Waals surface area contributed by atoms with Crippen molar-refractivity contribution in [1.29, 1.82) is 5.26 Å². The zero-order chi connectivity index (χ0) is 14.6. The number of halogens is 1. The van der Waals surface area contributed by atoms with Gasteiger partial charge >= 0.3 is 0 Å². The van der Waals surface area contributed by atoms with Crippen LogP contribution < -0.4 is 5.73 Å². The van der Waals surface area contributed by atoms with Gasteiger partial charge in [-0.25, -0.2) is 4.98 Å². The smallest absolute Gasteiger partial charge is 0.213 e. The summed E-state index contributed by atoms with van der Waals surface area (Å²) in [5.74, 6) is -0.561. The van der Waals surface area contributed by atoms with Crippen molar-refractivity contribution < 1.29 is 4.39 Å². The minimum atomic E-state index is -0.561. The van der Waals surface area contributed by atoms with Crippen molar-refractivity contribution in [2.45, 2.75) is 34.1 Å². The molecule has 1 heterocycles. The molecule has 0 aliphatic heterocycles. The van der Waals surface area contributed by atoms with Crippen LogP contribution in [-0.2, 0) is 6.42 Å². The third kappa shape index (κ3) is 2.65. The minimum Gasteiger partial charge on any atom is -0.396 e. The number of nitrogens with two attached hydrogens (primary N) is 1. The number of nitrogens with zero attached hydrogens (tertiary/aromatic N) is 2. The molecule has 2 rings (SSSR count). The molecule has 0 aliphatic rings. The third-order valence-electron chi connectivity index (χ3n) is 2.89. The van der Waals surface area contributed by atoms with E-state index < -0.39 is 5.95 Å². The molecule has 3 nitrogen and oxygen atoms in total. The second-order valence-corrected chi connectivity index (χ2v) is 3.95. The zero-order valence-corrected chi connectivity index (χ0v) is 11.7. The molecular weight excluding hydrogens is 241 g/mol. The topological polar surface area (TPSA) is 62.7 Å². The van der Waals surface area contributed by atoms with Crippen molar-refractivity contribution in [1.82, 2.24) is 4.98 Å². The molecule has 0 atom stereocenters. The van der Waals surface area contributed by atoms with Crippen LogP contribution in [0.5, 0.6) is 0 Å². The molecule has 0 saturated heterocycles. The highest BCUT2D eigenvalue weighted by Crippen LogP contribution is 2.29. The van der Waals surface area contributed by atoms with Crippen molar-refractivity contribution in [3.05, 3.63) is 34.8 Å². The van der Waals surface area contributed by atoms with Crippen molar-refractivity contribution in [3.63, 3.8) is 0 Å². The van der Waals surface area contributed by atoms with Gasteiger partial charge in [0.15, 0.2) is 0 Å². The van der Waals surface area contributed by atoms with Crippen LogP contribution >= 0.6 is 0 Å². The van der Waals surface area contributed by atoms with E-state index in [1.54, 1.807) is 0 Å². The maximum absolute atomic E-state index is 13.4. The molecule has 100 valence electrons. The van der Waals surface area contributed by atoms with Crippen LogP contribution in [0.4, 0.5) is 10.1 Å². The number of aromatic nitrogens is 1. The van der Waals surface area contributed by atoms with Gasteiger partial charge in [-0.15, -0.1) is 0 Å². The lowest BCUT2D eigenvalue weighted by Crippen LogP contribution is -2.00. The average molecular weight is 259 g/mol. The molecule has 0 spiro atoms. The zero-order valence-electron chi connectivity index (χ0n) is 11.7. The number of hydrogen-bond donors (Lipinski definition) is 1. The second kappa shape index (κ2) is 6.14. The van der Waals surface area contributed by atoms with Crippen LogP contribution in [0.2, 0.25) is 0 Å². The lowest BCUT2D eigenvalue weighted by atomic mass is 9.99. The first kappa shape index (κ1) is 14.9. The molecule has 0 aliphatic carbocycles. The molecule has 19 heavy (non-hydrogen) atoms. The molecule has 1 aromatic heterocycles. The summed E-state index contributed by atoms with van der Waals surface area (Å²) < 4.78 is 13.4. The maximum atomic E-state index is 13.4. The van der Waals surface area contributed by atoms with E-state index in [1.165, 1.54) is 6.07 Å². The van der Waals surface area contributed by atoms with Gasteiger partial charge in [0.2, 0.25) is 5.95 Å². The van der Waals surface area contributed by atoms with E-state index in [4.69, 9.17) is 11.0 Å². The Morgan fingerprint density at radius 3 is 2.53 bits per heavy atom. The number of pyridine rings is 1. The fourth-order valence-corrected chi connectivity index (χ4v) is 2.00. The molecule has 1 aromatic carbocycles. The fourth-order valence-electron chi connectivity index (χ4n) is 2.00. The Balaban J connectivity index is 0.000000861. The van der Waals surface area contributed by atoms with Gasteiger partial charge in [0.25, 0.3) is 0 Å². The van der Waals surface area contributed by atoms with Crippen molar-refractivity contribution in [3.8, 4) is 6.07 Å². The molecule has 0 fully saturated rings. The Kier molecular flexibility index (Phi) is 4.82. The Hall–Kier alpha value is -2.15. The predicted molar refractivity (Wildman–Crippen MR) is 76.3 cm³/mol. The first-order valence-corrected chi connectivity index (χ1v) is 6.36. The van der Waals surface area contributed by atoms with Gasteiger partial charge in [-0.2, -0.15) is 9.65 Å². The van der Waals surface area contributed by atoms with Gasteiger partial charge in [0.1, 0.15) is 6.07 Å². The van der Waals surface area contributed by atoms with Gasteiger partial charge < -0.3 is 5.73 Å². The summed E-state index contributed by atoms with van der Waals surface area (Å²) in [6, 6.07) is 5.28. The number of benzene rings is 1. The number of hydrogen-bond acceptors (Lipinski definition) is 3. The average Bonchev–Trinajstić information content (AvgIpc) is 2.42. The molecule has 0 amide bonds. The summed E-state index contributed by atoms with van der Waals surface area (Å²) in [6.07, 6.45) is 0.695. The minimum absolute atomic E-state index is 0.261. The molecule has 0 unspecified atom stereocenters. The van der Waals surface area contributed by atoms with Crippen molar-refractivity contribution in [2.75, 3.05) is 5.73 Å². The van der Waals surface area contributed by atoms with Gasteiger partial charge in [-0.05, 0) is 36.6 Å². The molecule has 0 saturated carbocycles. The van der Waals surface area contributed by atoms with E-state index in [0.717, 1.165) is 16.5 Å². The Bertz CT molecular complexity index is 642. The molecule has 2 N–H and O–H groups in total. The summed E-state index contributed by atoms with van der Waals surface area (Å²) in [5, 5.41) is 9.83. The van der Waals surface area contributed by atoms with Crippen LogP contribution in [0.15, 0.2) is 12.1 Å². The van der Waals surface area contributed by atoms with E-state index in [0.29, 0.717) is 17.5 Å². The quantitative estimate of drug-likeness (QED) is 0.627. The normalized spacial score (nSPS) is 9.68. The standard InChI is InChI=1S/C13H12FN3.C2H6/c1-3-8-5-11(14)17-13-9(8)4-7(2)10(6-15)12(13)16;1-2/h4-5H,3,16H2,1-2H3;1-2H3. The first-order valence-electron chi connectivity index (χ1n) is 6.36. The van der Waals surface area contributed by atoms with Crippen molar-refractivity contribution in [2.24, 2.45) is 0 Å². The first-order chi connectivity index (χ1) is 9.08. The predicted octanol–water partition coefficient (Wildman–Crippen LogP) is 3.72. The Morgan fingerprint density at radius 2 is 2.00 bits per heavy atom. The highest BCUT2D eigenvalue weighted by Gasteiger charge is 2.13. The van der Waals surface area contributed by atoms with E-state index in [2.05, 4.69) is 4.98 Å². The highest BCUT2D eigenvalue weighted by molar-refractivity contribution is 5.95. The van der Waals surface area contributed by atoms with E-state index in [-0.39, 0.29) is 5.69 Å². The highest BCUT2D eigenvalue weighted by atomic mass is 19.1. The summed E-state index contributed by atoms with van der Waals surface area (Å²) in [6.45, 7) is 7.76. The lowest BCUT2D eigenvalue weighted by Gasteiger charge is -2.10. The maximum Gasteiger partial charge on any atom is 0.213 e. The van der Waals surface area contributed by atoms with Crippen LogP contribution in [0, 0.1) is 24.2 Å². The number of nitriles is 1. The van der Waals surface area contributed by atoms with Gasteiger partial charge in [0.05, 0.1) is 16.8 Å². The van der Waals surface area contributed by atoms with Crippen LogP contribution in [-0.4, -0.2) is 4.98 Å². The Labute approximate surface area is 112 Å². The molecule has 2 aromatic rings. The largest absolute Gasteiger partial charge is 0.396 e. The van der Waals surface area contributed by atoms with E-state index >= 15 is 0 Å². The monoisotopic (exact) mass is 259 g/mol. The summed E-state index contributed by atoms with van der Waals surface area (Å²) in [7, 11) is 0. The molecular formula is C15H18FN3. The Morgan fingerprint density at radius 1 is 1.37 bits per heavy atom. The number of anilines is 1. The number of rotatable bonds is 1. The summed E-state index contributed by atoms with van der Waals surface area (Å²) >= 11 is 0. The van der Waals surface area contributed by atoms with E-state index in [9.17, 15) is 4.39 Å².